The van der Waals surface area contributed by atoms with E-state index < -0.39 is 0 Å². The largest absolute Gasteiger partial charge is 0.353 e. The van der Waals surface area contributed by atoms with Crippen LogP contribution < -0.4 is 16.0 Å². The zero-order chi connectivity index (χ0) is 13.2. The predicted octanol–water partition coefficient (Wildman–Crippen LogP) is 0.630. The van der Waals surface area contributed by atoms with Gasteiger partial charge in [0.2, 0.25) is 5.91 Å². The van der Waals surface area contributed by atoms with Gasteiger partial charge in [-0.3, -0.25) is 4.79 Å². The molecule has 5 heteroatoms. The zero-order valence-corrected chi connectivity index (χ0v) is 10.6. The van der Waals surface area contributed by atoms with E-state index >= 15 is 0 Å². The molecule has 0 saturated carbocycles. The Morgan fingerprint density at radius 1 is 1.37 bits per heavy atom. The minimum absolute atomic E-state index is 0.0316. The molecule has 98 valence electrons. The second-order valence-corrected chi connectivity index (χ2v) is 4.64. The van der Waals surface area contributed by atoms with E-state index in [1.54, 1.807) is 0 Å². The van der Waals surface area contributed by atoms with Crippen LogP contribution in [0.5, 0.6) is 0 Å². The van der Waals surface area contributed by atoms with Crippen molar-refractivity contribution in [2.45, 2.75) is 6.54 Å². The van der Waals surface area contributed by atoms with Crippen molar-refractivity contribution in [2.75, 3.05) is 24.5 Å². The summed E-state index contributed by atoms with van der Waals surface area (Å²) in [6.45, 7) is 2.19. The fourth-order valence-corrected chi connectivity index (χ4v) is 2.39. The second-order valence-electron chi connectivity index (χ2n) is 4.64. The number of amides is 1. The maximum atomic E-state index is 11.5. The highest BCUT2D eigenvalue weighted by molar-refractivity contribution is 5.85. The first-order valence-electron chi connectivity index (χ1n) is 6.38. The highest BCUT2D eigenvalue weighted by atomic mass is 16.2. The minimum atomic E-state index is 0.0316. The lowest BCUT2D eigenvalue weighted by Gasteiger charge is -2.29. The van der Waals surface area contributed by atoms with E-state index in [0.717, 1.165) is 28.8 Å². The number of benzene rings is 1. The zero-order valence-electron chi connectivity index (χ0n) is 10.6. The number of nitrogens with zero attached hydrogens (tertiary/aromatic N) is 2. The number of para-hydroxylation sites is 1. The van der Waals surface area contributed by atoms with E-state index in [-0.39, 0.29) is 5.91 Å². The van der Waals surface area contributed by atoms with Crippen molar-refractivity contribution in [1.82, 2.24) is 10.3 Å². The lowest BCUT2D eigenvalue weighted by atomic mass is 10.1. The number of rotatable bonds is 2. The fraction of sp³-hybridized carbons (Fsp3) is 0.286. The highest BCUT2D eigenvalue weighted by Gasteiger charge is 2.20. The molecule has 0 atom stereocenters. The summed E-state index contributed by atoms with van der Waals surface area (Å²) >= 11 is 0. The number of carbonyl (C=O) groups is 1. The van der Waals surface area contributed by atoms with Crippen LogP contribution in [-0.4, -0.2) is 30.5 Å². The topological polar surface area (TPSA) is 71.2 Å². The van der Waals surface area contributed by atoms with Crippen LogP contribution in [0.4, 0.5) is 5.82 Å². The van der Waals surface area contributed by atoms with Crippen molar-refractivity contribution >= 4 is 22.6 Å². The lowest BCUT2D eigenvalue weighted by molar-refractivity contribution is -0.120. The number of nitrogens with two attached hydrogens (primary N) is 1. The normalized spacial score (nSPS) is 15.6. The van der Waals surface area contributed by atoms with Gasteiger partial charge in [-0.2, -0.15) is 0 Å². The number of hydrogen-bond acceptors (Lipinski definition) is 4. The molecular formula is C14H16N4O. The average molecular weight is 256 g/mol. The highest BCUT2D eigenvalue weighted by Crippen LogP contribution is 2.23. The van der Waals surface area contributed by atoms with Gasteiger partial charge in [-0.05, 0) is 12.1 Å². The van der Waals surface area contributed by atoms with Gasteiger partial charge in [0.05, 0.1) is 12.1 Å². The first-order valence-corrected chi connectivity index (χ1v) is 6.38. The molecule has 1 aliphatic heterocycles. The summed E-state index contributed by atoms with van der Waals surface area (Å²) in [6, 6.07) is 10.0. The van der Waals surface area contributed by atoms with E-state index in [1.807, 2.05) is 29.2 Å². The number of piperazine rings is 1. The quantitative estimate of drug-likeness (QED) is 0.826. The first-order chi connectivity index (χ1) is 9.28. The molecule has 0 aliphatic carbocycles. The predicted molar refractivity (Wildman–Crippen MR) is 74.9 cm³/mol. The molecule has 1 amide bonds. The molecular weight excluding hydrogens is 240 g/mol. The van der Waals surface area contributed by atoms with Gasteiger partial charge in [0.1, 0.15) is 5.82 Å². The van der Waals surface area contributed by atoms with Gasteiger partial charge < -0.3 is 16.0 Å². The van der Waals surface area contributed by atoms with Crippen molar-refractivity contribution in [3.8, 4) is 0 Å². The molecule has 1 aliphatic rings. The van der Waals surface area contributed by atoms with Crippen LogP contribution >= 0.6 is 0 Å². The summed E-state index contributed by atoms with van der Waals surface area (Å²) in [4.78, 5) is 18.2. The molecule has 0 spiro atoms. The van der Waals surface area contributed by atoms with Crippen molar-refractivity contribution in [1.29, 1.82) is 0 Å². The molecule has 5 nitrogen and oxygen atoms in total. The maximum absolute atomic E-state index is 11.5. The molecule has 0 radical (unpaired) electrons. The summed E-state index contributed by atoms with van der Waals surface area (Å²) in [6.07, 6.45) is 0. The SMILES string of the molecule is NCc1cc2ccccc2nc1N1CCNC(=O)C1. The van der Waals surface area contributed by atoms with Gasteiger partial charge in [0.25, 0.3) is 0 Å². The summed E-state index contributed by atoms with van der Waals surface area (Å²) in [5, 5.41) is 3.89. The molecule has 2 aromatic rings. The van der Waals surface area contributed by atoms with Crippen LogP contribution in [0.1, 0.15) is 5.56 Å². The molecule has 3 N–H and O–H groups in total. The number of carbonyl (C=O) groups excluding carboxylic acids is 1. The molecule has 1 aromatic heterocycles. The lowest BCUT2D eigenvalue weighted by Crippen LogP contribution is -2.48. The van der Waals surface area contributed by atoms with Gasteiger partial charge in [-0.25, -0.2) is 4.98 Å². The Morgan fingerprint density at radius 2 is 2.21 bits per heavy atom. The number of hydrogen-bond donors (Lipinski definition) is 2. The Kier molecular flexibility index (Phi) is 3.05. The maximum Gasteiger partial charge on any atom is 0.239 e. The number of nitrogens with one attached hydrogen (secondary N) is 1. The second kappa shape index (κ2) is 4.85. The molecule has 1 fully saturated rings. The van der Waals surface area contributed by atoms with Crippen molar-refractivity contribution in [2.24, 2.45) is 5.73 Å². The Balaban J connectivity index is 2.07. The number of pyridine rings is 1. The average Bonchev–Trinajstić information content (AvgIpc) is 2.46. The monoisotopic (exact) mass is 256 g/mol. The van der Waals surface area contributed by atoms with Crippen LogP contribution in [0.2, 0.25) is 0 Å². The van der Waals surface area contributed by atoms with Crippen LogP contribution in [-0.2, 0) is 11.3 Å². The molecule has 1 saturated heterocycles. The van der Waals surface area contributed by atoms with Gasteiger partial charge in [-0.1, -0.05) is 18.2 Å². The van der Waals surface area contributed by atoms with Crippen LogP contribution in [0.15, 0.2) is 30.3 Å². The van der Waals surface area contributed by atoms with E-state index in [4.69, 9.17) is 5.73 Å². The van der Waals surface area contributed by atoms with Crippen LogP contribution in [0.25, 0.3) is 10.9 Å². The molecule has 19 heavy (non-hydrogen) atoms. The summed E-state index contributed by atoms with van der Waals surface area (Å²) in [5.41, 5.74) is 7.73. The third-order valence-corrected chi connectivity index (χ3v) is 3.34. The fourth-order valence-electron chi connectivity index (χ4n) is 2.39. The summed E-state index contributed by atoms with van der Waals surface area (Å²) in [5.74, 6) is 0.861. The van der Waals surface area contributed by atoms with Gasteiger partial charge in [0, 0.05) is 30.6 Å². The van der Waals surface area contributed by atoms with E-state index in [9.17, 15) is 4.79 Å². The summed E-state index contributed by atoms with van der Waals surface area (Å²) < 4.78 is 0. The standard InChI is InChI=1S/C14H16N4O/c15-8-11-7-10-3-1-2-4-12(10)17-14(11)18-6-5-16-13(19)9-18/h1-4,7H,5-6,8-9,15H2,(H,16,19). The molecule has 0 bridgehead atoms. The van der Waals surface area contributed by atoms with Gasteiger partial charge >= 0.3 is 0 Å². The molecule has 2 heterocycles. The van der Waals surface area contributed by atoms with Crippen LogP contribution in [0.3, 0.4) is 0 Å². The molecule has 0 unspecified atom stereocenters. The van der Waals surface area contributed by atoms with Crippen LogP contribution in [0, 0.1) is 0 Å². The molecule has 1 aromatic carbocycles. The van der Waals surface area contributed by atoms with Crippen molar-refractivity contribution in [3.05, 3.63) is 35.9 Å². The Bertz CT molecular complexity index is 626. The number of fused-ring (bicyclic) bond motifs is 1. The smallest absolute Gasteiger partial charge is 0.239 e. The van der Waals surface area contributed by atoms with Crippen molar-refractivity contribution in [3.63, 3.8) is 0 Å². The Hall–Kier alpha value is -2.14. The number of aromatic nitrogens is 1. The molecule has 3 rings (SSSR count). The Labute approximate surface area is 111 Å². The third-order valence-electron chi connectivity index (χ3n) is 3.34. The number of anilines is 1. The van der Waals surface area contributed by atoms with Gasteiger partial charge in [-0.15, -0.1) is 0 Å². The minimum Gasteiger partial charge on any atom is -0.353 e. The van der Waals surface area contributed by atoms with E-state index in [0.29, 0.717) is 19.6 Å². The first kappa shape index (κ1) is 11.9. The van der Waals surface area contributed by atoms with Gasteiger partial charge in [0.15, 0.2) is 0 Å². The Morgan fingerprint density at radius 3 is 3.00 bits per heavy atom. The van der Waals surface area contributed by atoms with E-state index in [1.165, 1.54) is 0 Å². The third kappa shape index (κ3) is 2.24. The summed E-state index contributed by atoms with van der Waals surface area (Å²) in [7, 11) is 0. The van der Waals surface area contributed by atoms with E-state index in [2.05, 4.69) is 16.4 Å². The van der Waals surface area contributed by atoms with Crippen molar-refractivity contribution < 1.29 is 4.79 Å².